The summed E-state index contributed by atoms with van der Waals surface area (Å²) in [7, 11) is 1.59. The molecule has 0 aliphatic carbocycles. The van der Waals surface area contributed by atoms with Gasteiger partial charge in [-0.1, -0.05) is 30.3 Å². The lowest BCUT2D eigenvalue weighted by molar-refractivity contribution is -0.134. The van der Waals surface area contributed by atoms with Crippen molar-refractivity contribution < 1.29 is 19.4 Å². The quantitative estimate of drug-likeness (QED) is 0.191. The lowest BCUT2D eigenvalue weighted by Crippen LogP contribution is -2.17. The number of hydrogen-bond acceptors (Lipinski definition) is 8. The molecule has 0 spiro atoms. The van der Waals surface area contributed by atoms with Crippen molar-refractivity contribution in [3.05, 3.63) is 94.1 Å². The zero-order valence-corrected chi connectivity index (χ0v) is 21.2. The normalized spacial score (nSPS) is 11.1. The molecule has 0 saturated heterocycles. The molecule has 12 nitrogen and oxygen atoms in total. The highest BCUT2D eigenvalue weighted by Crippen LogP contribution is 2.34. The fourth-order valence-electron chi connectivity index (χ4n) is 3.66. The first-order valence-corrected chi connectivity index (χ1v) is 11.6. The molecular weight excluding hydrogens is 490 g/mol. The van der Waals surface area contributed by atoms with E-state index in [9.17, 15) is 4.79 Å². The Hall–Kier alpha value is -5.00. The van der Waals surface area contributed by atoms with E-state index in [4.69, 9.17) is 30.5 Å². The highest BCUT2D eigenvalue weighted by Gasteiger charge is 2.23. The van der Waals surface area contributed by atoms with Crippen molar-refractivity contribution in [2.75, 3.05) is 13.7 Å². The van der Waals surface area contributed by atoms with Crippen molar-refractivity contribution >= 4 is 11.8 Å². The van der Waals surface area contributed by atoms with Crippen LogP contribution in [0, 0.1) is 5.41 Å². The smallest absolute Gasteiger partial charge is 0.349 e. The number of nitrogens with two attached hydrogens (primary N) is 1. The van der Waals surface area contributed by atoms with Crippen LogP contribution >= 0.6 is 0 Å². The molecule has 38 heavy (non-hydrogen) atoms. The number of benzene rings is 2. The van der Waals surface area contributed by atoms with Gasteiger partial charge in [-0.3, -0.25) is 20.2 Å². The molecule has 198 valence electrons. The fraction of sp³-hybridized carbons (Fsp3) is 0.231. The number of ether oxygens (including phenoxy) is 2. The van der Waals surface area contributed by atoms with Gasteiger partial charge in [0.15, 0.2) is 17.3 Å². The second kappa shape index (κ2) is 12.8. The van der Waals surface area contributed by atoms with Crippen LogP contribution in [0.2, 0.25) is 0 Å². The van der Waals surface area contributed by atoms with Crippen molar-refractivity contribution in [2.24, 2.45) is 5.73 Å². The average Bonchev–Trinajstić information content (AvgIpc) is 3.29. The monoisotopic (exact) mass is 519 g/mol. The zero-order chi connectivity index (χ0) is 27.7. The van der Waals surface area contributed by atoms with Crippen LogP contribution in [-0.4, -0.2) is 55.4 Å². The third kappa shape index (κ3) is 7.03. The number of aromatic amines is 1. The van der Waals surface area contributed by atoms with Gasteiger partial charge in [0.25, 0.3) is 5.97 Å². The van der Waals surface area contributed by atoms with Crippen LogP contribution in [0.4, 0.5) is 0 Å². The molecule has 0 saturated carbocycles. The number of nitrogens with zero attached hydrogens (tertiary/aromatic N) is 4. The molecule has 0 fully saturated rings. The molecule has 2 aromatic carbocycles. The van der Waals surface area contributed by atoms with Crippen LogP contribution < -0.4 is 20.9 Å². The van der Waals surface area contributed by atoms with E-state index >= 15 is 0 Å². The SMILES string of the molecule is CC(=O)O.CCOc1cc(C(Cc2ccc(C(=N)N)cc2)c2nn(-c3cnccn3)c(=O)[nH]2)ccc1OC. The molecule has 2 aromatic heterocycles. The molecule has 1 atom stereocenters. The summed E-state index contributed by atoms with van der Waals surface area (Å²) in [5, 5.41) is 19.6. The molecule has 12 heteroatoms. The number of H-pyrrole nitrogens is 1. The van der Waals surface area contributed by atoms with Crippen LogP contribution in [0.1, 0.15) is 42.3 Å². The molecule has 0 amide bonds. The lowest BCUT2D eigenvalue weighted by Gasteiger charge is -2.18. The van der Waals surface area contributed by atoms with Gasteiger partial charge in [0.1, 0.15) is 11.7 Å². The van der Waals surface area contributed by atoms with Crippen LogP contribution in [-0.2, 0) is 11.2 Å². The fourth-order valence-corrected chi connectivity index (χ4v) is 3.66. The first-order chi connectivity index (χ1) is 18.2. The van der Waals surface area contributed by atoms with E-state index in [0.717, 1.165) is 18.1 Å². The van der Waals surface area contributed by atoms with E-state index in [-0.39, 0.29) is 11.8 Å². The molecule has 5 N–H and O–H groups in total. The Balaban J connectivity index is 0.000000934. The Morgan fingerprint density at radius 2 is 1.89 bits per heavy atom. The summed E-state index contributed by atoms with van der Waals surface area (Å²) < 4.78 is 12.4. The maximum absolute atomic E-state index is 12.7. The van der Waals surface area contributed by atoms with Crippen LogP contribution in [0.25, 0.3) is 5.82 Å². The van der Waals surface area contributed by atoms with E-state index in [1.54, 1.807) is 19.2 Å². The summed E-state index contributed by atoms with van der Waals surface area (Å²) in [4.78, 5) is 32.8. The van der Waals surface area contributed by atoms with Crippen molar-refractivity contribution in [1.29, 1.82) is 5.41 Å². The largest absolute Gasteiger partial charge is 0.493 e. The molecular formula is C26H29N7O5. The number of aliphatic carboxylic acids is 1. The standard InChI is InChI=1S/C24H25N7O3.C2H4O2/c1-3-34-20-13-17(8-9-19(20)33-2)18(12-15-4-6-16(7-5-15)22(25)26)23-29-24(32)31(30-23)21-14-27-10-11-28-21;1-2(3)4/h4-11,13-14,18H,3,12H2,1-2H3,(H3,25,26)(H,29,30,32);1H3,(H,3,4). The molecule has 4 rings (SSSR count). The Bertz CT molecular complexity index is 1430. The molecule has 4 aromatic rings. The van der Waals surface area contributed by atoms with Crippen molar-refractivity contribution in [2.45, 2.75) is 26.2 Å². The molecule has 0 aliphatic heterocycles. The van der Waals surface area contributed by atoms with Gasteiger partial charge in [0.05, 0.1) is 19.9 Å². The summed E-state index contributed by atoms with van der Waals surface area (Å²) in [5.41, 5.74) is 7.69. The predicted molar refractivity (Wildman–Crippen MR) is 140 cm³/mol. The first kappa shape index (κ1) is 27.6. The molecule has 0 aliphatic rings. The number of methoxy groups -OCH3 is 1. The summed E-state index contributed by atoms with van der Waals surface area (Å²) in [6, 6.07) is 13.1. The van der Waals surface area contributed by atoms with Gasteiger partial charge in [-0.15, -0.1) is 5.10 Å². The number of nitrogen functional groups attached to an aromatic ring is 1. The summed E-state index contributed by atoms with van der Waals surface area (Å²) in [5.74, 6) is 0.887. The van der Waals surface area contributed by atoms with Gasteiger partial charge >= 0.3 is 5.69 Å². The highest BCUT2D eigenvalue weighted by molar-refractivity contribution is 5.94. The Morgan fingerprint density at radius 3 is 2.47 bits per heavy atom. The van der Waals surface area contributed by atoms with Gasteiger partial charge in [0.2, 0.25) is 0 Å². The highest BCUT2D eigenvalue weighted by atomic mass is 16.5. The maximum Gasteiger partial charge on any atom is 0.349 e. The number of carbonyl (C=O) groups is 1. The Kier molecular flexibility index (Phi) is 9.30. The number of aromatic nitrogens is 5. The number of carboxylic acids is 1. The van der Waals surface area contributed by atoms with Crippen LogP contribution in [0.15, 0.2) is 65.8 Å². The zero-order valence-electron chi connectivity index (χ0n) is 21.2. The summed E-state index contributed by atoms with van der Waals surface area (Å²) in [6.07, 6.45) is 5.04. The average molecular weight is 520 g/mol. The predicted octanol–water partition coefficient (Wildman–Crippen LogP) is 2.51. The molecule has 0 bridgehead atoms. The Morgan fingerprint density at radius 1 is 1.18 bits per heavy atom. The topological polar surface area (TPSA) is 182 Å². The number of rotatable bonds is 9. The minimum atomic E-state index is -0.833. The number of amidine groups is 1. The van der Waals surface area contributed by atoms with Gasteiger partial charge in [-0.25, -0.2) is 9.78 Å². The van der Waals surface area contributed by atoms with E-state index in [1.807, 2.05) is 37.3 Å². The number of hydrogen-bond donors (Lipinski definition) is 4. The minimum absolute atomic E-state index is 0.00616. The van der Waals surface area contributed by atoms with Crippen molar-refractivity contribution in [1.82, 2.24) is 24.7 Å². The summed E-state index contributed by atoms with van der Waals surface area (Å²) >= 11 is 0. The maximum atomic E-state index is 12.7. The second-order valence-corrected chi connectivity index (χ2v) is 8.02. The lowest BCUT2D eigenvalue weighted by atomic mass is 9.90. The van der Waals surface area contributed by atoms with Gasteiger partial charge in [0, 0.05) is 30.8 Å². The second-order valence-electron chi connectivity index (χ2n) is 8.02. The number of nitrogens with one attached hydrogen (secondary N) is 2. The summed E-state index contributed by atoms with van der Waals surface area (Å²) in [6.45, 7) is 3.47. The van der Waals surface area contributed by atoms with Gasteiger partial charge in [-0.05, 0) is 36.6 Å². The Labute approximate surface area is 218 Å². The third-order valence-corrected chi connectivity index (χ3v) is 5.33. The third-order valence-electron chi connectivity index (χ3n) is 5.33. The molecule has 1 unspecified atom stereocenters. The van der Waals surface area contributed by atoms with Crippen LogP contribution in [0.3, 0.4) is 0 Å². The van der Waals surface area contributed by atoms with Crippen molar-refractivity contribution in [3.63, 3.8) is 0 Å². The molecule has 2 heterocycles. The van der Waals surface area contributed by atoms with E-state index in [1.165, 1.54) is 23.3 Å². The first-order valence-electron chi connectivity index (χ1n) is 11.6. The van der Waals surface area contributed by atoms with Crippen molar-refractivity contribution in [3.8, 4) is 17.3 Å². The van der Waals surface area contributed by atoms with E-state index in [2.05, 4.69) is 20.1 Å². The van der Waals surface area contributed by atoms with E-state index < -0.39 is 11.7 Å². The van der Waals surface area contributed by atoms with Crippen LogP contribution in [0.5, 0.6) is 11.5 Å². The van der Waals surface area contributed by atoms with Gasteiger partial charge in [-0.2, -0.15) is 4.68 Å². The van der Waals surface area contributed by atoms with E-state index in [0.29, 0.717) is 41.7 Å². The number of carboxylic acid groups (broad SMARTS) is 1. The minimum Gasteiger partial charge on any atom is -0.493 e. The molecule has 0 radical (unpaired) electrons. The van der Waals surface area contributed by atoms with Gasteiger partial charge < -0.3 is 20.3 Å².